The van der Waals surface area contributed by atoms with Gasteiger partial charge in [-0.25, -0.2) is 9.97 Å². The minimum Gasteiger partial charge on any atom is -0.352 e. The molecular formula is C24H27N5O. The zero-order valence-electron chi connectivity index (χ0n) is 17.4. The Kier molecular flexibility index (Phi) is 4.16. The van der Waals surface area contributed by atoms with Crippen molar-refractivity contribution in [2.75, 3.05) is 31.1 Å². The molecule has 0 radical (unpaired) electrons. The van der Waals surface area contributed by atoms with E-state index < -0.39 is 0 Å². The lowest BCUT2D eigenvalue weighted by Crippen LogP contribution is -2.38. The van der Waals surface area contributed by atoms with Gasteiger partial charge in [-0.05, 0) is 43.2 Å². The molecule has 0 amide bonds. The zero-order chi connectivity index (χ0) is 20.2. The number of benzene rings is 1. The van der Waals surface area contributed by atoms with Gasteiger partial charge in [0.2, 0.25) is 0 Å². The first-order valence-corrected chi connectivity index (χ1v) is 11.1. The van der Waals surface area contributed by atoms with Crippen LogP contribution in [0.5, 0.6) is 0 Å². The molecule has 3 aliphatic heterocycles. The normalized spacial score (nSPS) is 23.7. The molecule has 1 aliphatic carbocycles. The SMILES string of the molecule is Cn1c(-c2ccc(C3CC3)cc2)nc2cnc(N3CCN4CCC3CC4)cc2c1=O. The third kappa shape index (κ3) is 3.01. The van der Waals surface area contributed by atoms with E-state index in [1.807, 2.05) is 13.1 Å². The van der Waals surface area contributed by atoms with E-state index in [9.17, 15) is 4.79 Å². The van der Waals surface area contributed by atoms with E-state index in [1.165, 1.54) is 44.3 Å². The molecule has 3 saturated heterocycles. The minimum absolute atomic E-state index is 0.00668. The van der Waals surface area contributed by atoms with Gasteiger partial charge >= 0.3 is 0 Å². The maximum atomic E-state index is 13.2. The second kappa shape index (κ2) is 6.91. The highest BCUT2D eigenvalue weighted by Gasteiger charge is 2.30. The fraction of sp³-hybridized carbons (Fsp3) is 0.458. The van der Waals surface area contributed by atoms with Crippen LogP contribution < -0.4 is 10.5 Å². The van der Waals surface area contributed by atoms with Crippen molar-refractivity contribution in [2.24, 2.45) is 7.05 Å². The van der Waals surface area contributed by atoms with Crippen molar-refractivity contribution in [3.05, 3.63) is 52.4 Å². The van der Waals surface area contributed by atoms with Crippen LogP contribution in [0.4, 0.5) is 5.82 Å². The van der Waals surface area contributed by atoms with E-state index in [-0.39, 0.29) is 5.56 Å². The Hall–Kier alpha value is -2.73. The first kappa shape index (κ1) is 18.1. The van der Waals surface area contributed by atoms with Crippen LogP contribution in [0.2, 0.25) is 0 Å². The van der Waals surface area contributed by atoms with Crippen molar-refractivity contribution >= 4 is 16.7 Å². The van der Waals surface area contributed by atoms with E-state index in [4.69, 9.17) is 9.97 Å². The average Bonchev–Trinajstić information content (AvgIpc) is 3.65. The number of hydrogen-bond acceptors (Lipinski definition) is 5. The highest BCUT2D eigenvalue weighted by Crippen LogP contribution is 2.40. The van der Waals surface area contributed by atoms with Gasteiger partial charge in [-0.2, -0.15) is 0 Å². The van der Waals surface area contributed by atoms with Crippen LogP contribution in [0.15, 0.2) is 41.3 Å². The van der Waals surface area contributed by atoms with Crippen LogP contribution in [0.1, 0.15) is 37.2 Å². The molecule has 6 nitrogen and oxygen atoms in total. The number of pyridine rings is 1. The van der Waals surface area contributed by atoms with Crippen molar-refractivity contribution < 1.29 is 0 Å². The van der Waals surface area contributed by atoms with Gasteiger partial charge in [-0.15, -0.1) is 0 Å². The van der Waals surface area contributed by atoms with Gasteiger partial charge < -0.3 is 9.80 Å². The summed E-state index contributed by atoms with van der Waals surface area (Å²) in [6.45, 7) is 4.38. The van der Waals surface area contributed by atoms with Gasteiger partial charge in [0.05, 0.1) is 17.1 Å². The average molecular weight is 402 g/mol. The number of fused-ring (bicyclic) bond motifs is 5. The summed E-state index contributed by atoms with van der Waals surface area (Å²) in [6.07, 6.45) is 6.70. The molecule has 4 aliphatic rings. The Morgan fingerprint density at radius 1 is 0.967 bits per heavy atom. The smallest absolute Gasteiger partial charge is 0.261 e. The molecule has 30 heavy (non-hydrogen) atoms. The van der Waals surface area contributed by atoms with Gasteiger partial charge in [-0.1, -0.05) is 24.3 Å². The van der Waals surface area contributed by atoms with Crippen LogP contribution >= 0.6 is 0 Å². The molecule has 1 saturated carbocycles. The van der Waals surface area contributed by atoms with Crippen molar-refractivity contribution in [1.29, 1.82) is 0 Å². The summed E-state index contributed by atoms with van der Waals surface area (Å²) < 4.78 is 1.68. The quantitative estimate of drug-likeness (QED) is 0.675. The number of piperidine rings is 1. The summed E-state index contributed by atoms with van der Waals surface area (Å²) in [4.78, 5) is 27.7. The van der Waals surface area contributed by atoms with Gasteiger partial charge in [0.1, 0.15) is 11.6 Å². The van der Waals surface area contributed by atoms with Crippen LogP contribution in [-0.4, -0.2) is 51.7 Å². The van der Waals surface area contributed by atoms with Gasteiger partial charge in [0.25, 0.3) is 5.56 Å². The summed E-state index contributed by atoms with van der Waals surface area (Å²) in [5.74, 6) is 2.34. The summed E-state index contributed by atoms with van der Waals surface area (Å²) in [5, 5.41) is 0.653. The first-order chi connectivity index (χ1) is 14.7. The molecule has 5 heterocycles. The highest BCUT2D eigenvalue weighted by molar-refractivity contribution is 5.81. The summed E-state index contributed by atoms with van der Waals surface area (Å²) in [7, 11) is 1.82. The largest absolute Gasteiger partial charge is 0.352 e. The molecule has 3 aromatic rings. The Balaban J connectivity index is 1.39. The standard InChI is InChI=1S/C24H27N5O/c1-27-23(18-6-4-17(5-7-18)16-2-3-16)26-21-15-25-22(14-20(21)24(27)30)29-13-12-28-10-8-19(29)9-11-28/h4-7,14-16,19H,2-3,8-13H2,1H3. The predicted octanol–water partition coefficient (Wildman–Crippen LogP) is 3.16. The molecule has 2 aromatic heterocycles. The Morgan fingerprint density at radius 2 is 1.73 bits per heavy atom. The van der Waals surface area contributed by atoms with E-state index >= 15 is 0 Å². The molecule has 7 rings (SSSR count). The predicted molar refractivity (Wildman–Crippen MR) is 119 cm³/mol. The van der Waals surface area contributed by atoms with E-state index in [2.05, 4.69) is 34.1 Å². The van der Waals surface area contributed by atoms with E-state index in [0.717, 1.165) is 30.4 Å². The summed E-state index contributed by atoms with van der Waals surface area (Å²) >= 11 is 0. The van der Waals surface area contributed by atoms with Crippen LogP contribution in [-0.2, 0) is 7.05 Å². The van der Waals surface area contributed by atoms with Gasteiger partial charge in [0.15, 0.2) is 0 Å². The molecule has 1 aromatic carbocycles. The Labute approximate surface area is 176 Å². The fourth-order valence-electron chi connectivity index (χ4n) is 5.09. The Morgan fingerprint density at radius 3 is 2.47 bits per heavy atom. The number of rotatable bonds is 3. The molecular weight excluding hydrogens is 374 g/mol. The zero-order valence-corrected chi connectivity index (χ0v) is 17.4. The molecule has 2 bridgehead atoms. The minimum atomic E-state index is -0.00668. The third-order valence-corrected chi connectivity index (χ3v) is 7.11. The molecule has 4 fully saturated rings. The summed E-state index contributed by atoms with van der Waals surface area (Å²) in [6, 6.07) is 11.0. The second-order valence-electron chi connectivity index (χ2n) is 9.02. The lowest BCUT2D eigenvalue weighted by Gasteiger charge is -2.32. The van der Waals surface area contributed by atoms with Crippen molar-refractivity contribution in [3.63, 3.8) is 0 Å². The van der Waals surface area contributed by atoms with E-state index in [1.54, 1.807) is 10.8 Å². The van der Waals surface area contributed by atoms with Crippen molar-refractivity contribution in [1.82, 2.24) is 19.4 Å². The molecule has 6 heteroatoms. The highest BCUT2D eigenvalue weighted by atomic mass is 16.1. The summed E-state index contributed by atoms with van der Waals surface area (Å²) in [5.41, 5.74) is 3.03. The molecule has 0 spiro atoms. The topological polar surface area (TPSA) is 54.3 Å². The van der Waals surface area contributed by atoms with Gasteiger partial charge in [0, 0.05) is 44.8 Å². The molecule has 0 atom stereocenters. The Bertz CT molecular complexity index is 1160. The number of anilines is 1. The molecule has 0 unspecified atom stereocenters. The number of hydrogen-bond donors (Lipinski definition) is 0. The van der Waals surface area contributed by atoms with Crippen molar-refractivity contribution in [2.45, 2.75) is 37.6 Å². The van der Waals surface area contributed by atoms with Crippen LogP contribution in [0.25, 0.3) is 22.3 Å². The molecule has 0 N–H and O–H groups in total. The number of aromatic nitrogens is 3. The lowest BCUT2D eigenvalue weighted by molar-refractivity contribution is 0.250. The third-order valence-electron chi connectivity index (χ3n) is 7.11. The monoisotopic (exact) mass is 401 g/mol. The molecule has 154 valence electrons. The lowest BCUT2D eigenvalue weighted by atomic mass is 10.1. The van der Waals surface area contributed by atoms with Crippen LogP contribution in [0, 0.1) is 0 Å². The second-order valence-corrected chi connectivity index (χ2v) is 9.02. The van der Waals surface area contributed by atoms with Crippen molar-refractivity contribution in [3.8, 4) is 11.4 Å². The number of nitrogens with zero attached hydrogens (tertiary/aromatic N) is 5. The first-order valence-electron chi connectivity index (χ1n) is 11.1. The maximum Gasteiger partial charge on any atom is 0.261 e. The van der Waals surface area contributed by atoms with Crippen LogP contribution in [0.3, 0.4) is 0 Å². The fourth-order valence-corrected chi connectivity index (χ4v) is 5.09. The van der Waals surface area contributed by atoms with Gasteiger partial charge in [-0.3, -0.25) is 9.36 Å². The maximum absolute atomic E-state index is 13.2. The van der Waals surface area contributed by atoms with E-state index in [0.29, 0.717) is 22.8 Å².